The van der Waals surface area contributed by atoms with Crippen LogP contribution < -0.4 is 4.90 Å². The Labute approximate surface area is 191 Å². The van der Waals surface area contributed by atoms with Crippen molar-refractivity contribution in [3.63, 3.8) is 0 Å². The van der Waals surface area contributed by atoms with Gasteiger partial charge in [-0.1, -0.05) is 43.7 Å². The highest BCUT2D eigenvalue weighted by Gasteiger charge is 2.26. The molecule has 2 aromatic carbocycles. The van der Waals surface area contributed by atoms with Gasteiger partial charge in [0.25, 0.3) is 0 Å². The number of benzene rings is 2. The Morgan fingerprint density at radius 2 is 1.85 bits per heavy atom. The minimum atomic E-state index is -0.305. The number of halogens is 1. The van der Waals surface area contributed by atoms with Gasteiger partial charge in [0, 0.05) is 12.6 Å². The molecule has 0 radical (unpaired) electrons. The summed E-state index contributed by atoms with van der Waals surface area (Å²) in [7, 11) is 1.90. The van der Waals surface area contributed by atoms with Crippen LogP contribution in [0.15, 0.2) is 66.7 Å². The van der Waals surface area contributed by atoms with Gasteiger partial charge in [0.05, 0.1) is 12.2 Å². The van der Waals surface area contributed by atoms with Crippen molar-refractivity contribution < 1.29 is 13.9 Å². The van der Waals surface area contributed by atoms with Gasteiger partial charge in [-0.15, -0.1) is 0 Å². The number of aryl methyl sites for hydroxylation is 2. The van der Waals surface area contributed by atoms with Crippen molar-refractivity contribution >= 4 is 16.9 Å². The quantitative estimate of drug-likeness (QED) is 0.402. The number of ether oxygens (including phenoxy) is 2. The Morgan fingerprint density at radius 3 is 2.55 bits per heavy atom. The zero-order valence-electron chi connectivity index (χ0n) is 18.5. The van der Waals surface area contributed by atoms with Crippen molar-refractivity contribution in [3.8, 4) is 11.4 Å². The van der Waals surface area contributed by atoms with E-state index in [4.69, 9.17) is 24.5 Å². The molecule has 0 bridgehead atoms. The van der Waals surface area contributed by atoms with Crippen LogP contribution in [0.25, 0.3) is 22.4 Å². The molecule has 8 heteroatoms. The average Bonchev–Trinajstić information content (AvgIpc) is 3.47. The van der Waals surface area contributed by atoms with E-state index in [-0.39, 0.29) is 12.6 Å². The summed E-state index contributed by atoms with van der Waals surface area (Å²) in [5, 5.41) is 4.74. The molecule has 3 heterocycles. The second-order valence-electron chi connectivity index (χ2n) is 7.85. The lowest BCUT2D eigenvalue weighted by Gasteiger charge is -2.24. The molecule has 1 aliphatic heterocycles. The summed E-state index contributed by atoms with van der Waals surface area (Å²) in [6, 6.07) is 16.3. The van der Waals surface area contributed by atoms with Crippen LogP contribution in [0.5, 0.6) is 0 Å². The number of fused-ring (bicyclic) bond motifs is 1. The minimum Gasteiger partial charge on any atom is -0.459 e. The van der Waals surface area contributed by atoms with Gasteiger partial charge in [0.1, 0.15) is 23.1 Å². The summed E-state index contributed by atoms with van der Waals surface area (Å²) in [4.78, 5) is 11.8. The molecule has 0 fully saturated rings. The highest BCUT2D eigenvalue weighted by molar-refractivity contribution is 5.90. The summed E-state index contributed by atoms with van der Waals surface area (Å²) >= 11 is 0. The van der Waals surface area contributed by atoms with Gasteiger partial charge in [-0.2, -0.15) is 5.10 Å². The third-order valence-corrected chi connectivity index (χ3v) is 5.49. The highest BCUT2D eigenvalue weighted by Crippen LogP contribution is 2.33. The van der Waals surface area contributed by atoms with E-state index in [9.17, 15) is 4.39 Å². The molecule has 1 aliphatic rings. The molecular formula is C25H24FN5O2. The van der Waals surface area contributed by atoms with Gasteiger partial charge in [-0.05, 0) is 36.2 Å². The lowest BCUT2D eigenvalue weighted by atomic mass is 10.1. The largest absolute Gasteiger partial charge is 0.459 e. The van der Waals surface area contributed by atoms with Crippen LogP contribution in [0, 0.1) is 5.82 Å². The molecule has 2 aromatic heterocycles. The van der Waals surface area contributed by atoms with Crippen LogP contribution in [-0.2, 0) is 29.5 Å². The van der Waals surface area contributed by atoms with Crippen molar-refractivity contribution in [2.45, 2.75) is 26.3 Å². The summed E-state index contributed by atoms with van der Waals surface area (Å²) in [6.07, 6.45) is 3.32. The third kappa shape index (κ3) is 4.11. The maximum Gasteiger partial charge on any atom is 0.234 e. The normalized spacial score (nSPS) is 13.0. The van der Waals surface area contributed by atoms with Gasteiger partial charge < -0.3 is 9.47 Å². The molecule has 0 saturated carbocycles. The van der Waals surface area contributed by atoms with E-state index in [2.05, 4.69) is 6.92 Å². The Kier molecular flexibility index (Phi) is 5.64. The third-order valence-electron chi connectivity index (χ3n) is 5.49. The molecule has 5 rings (SSSR count). The fourth-order valence-corrected chi connectivity index (χ4v) is 3.94. The zero-order chi connectivity index (χ0) is 22.8. The summed E-state index contributed by atoms with van der Waals surface area (Å²) < 4.78 is 26.5. The molecule has 0 N–H and O–H groups in total. The second kappa shape index (κ2) is 8.90. The summed E-state index contributed by atoms with van der Waals surface area (Å²) in [6.45, 7) is 2.77. The molecule has 0 amide bonds. The highest BCUT2D eigenvalue weighted by atomic mass is 19.1. The van der Waals surface area contributed by atoms with Crippen molar-refractivity contribution in [1.82, 2.24) is 19.7 Å². The summed E-state index contributed by atoms with van der Waals surface area (Å²) in [5.41, 5.74) is 4.29. The van der Waals surface area contributed by atoms with Crippen LogP contribution >= 0.6 is 0 Å². The molecule has 0 atom stereocenters. The van der Waals surface area contributed by atoms with Crippen molar-refractivity contribution in [2.24, 2.45) is 7.05 Å². The molecule has 0 aliphatic carbocycles. The van der Waals surface area contributed by atoms with Crippen LogP contribution in [-0.4, -0.2) is 26.5 Å². The first-order valence-electron chi connectivity index (χ1n) is 10.9. The van der Waals surface area contributed by atoms with Crippen LogP contribution in [0.4, 0.5) is 10.2 Å². The fourth-order valence-electron chi connectivity index (χ4n) is 3.94. The maximum absolute atomic E-state index is 13.6. The predicted molar refractivity (Wildman–Crippen MR) is 123 cm³/mol. The molecule has 7 nitrogen and oxygen atoms in total. The van der Waals surface area contributed by atoms with Gasteiger partial charge in [-0.3, -0.25) is 9.58 Å². The standard InChI is InChI=1S/C25H24FN5O2/c1-3-7-20-22-23(30(2)29-20)25(28-24(27-22)18-10-12-19(26)13-11-18)31(21-15-32-16-33-21)14-17-8-5-4-6-9-17/h4-6,8-13,15H,3,7,14,16H2,1-2H3. The van der Waals surface area contributed by atoms with Crippen LogP contribution in [0.3, 0.4) is 0 Å². The number of nitrogens with zero attached hydrogens (tertiary/aromatic N) is 5. The Hall–Kier alpha value is -3.94. The van der Waals surface area contributed by atoms with Gasteiger partial charge >= 0.3 is 0 Å². The molecule has 33 heavy (non-hydrogen) atoms. The lowest BCUT2D eigenvalue weighted by Crippen LogP contribution is -2.24. The minimum absolute atomic E-state index is 0.145. The monoisotopic (exact) mass is 445 g/mol. The first-order valence-corrected chi connectivity index (χ1v) is 10.9. The molecule has 0 unspecified atom stereocenters. The molecule has 4 aromatic rings. The lowest BCUT2D eigenvalue weighted by molar-refractivity contribution is 0.0782. The maximum atomic E-state index is 13.6. The Morgan fingerprint density at radius 1 is 1.06 bits per heavy atom. The van der Waals surface area contributed by atoms with E-state index in [0.29, 0.717) is 24.1 Å². The van der Waals surface area contributed by atoms with E-state index < -0.39 is 0 Å². The predicted octanol–water partition coefficient (Wildman–Crippen LogP) is 4.93. The van der Waals surface area contributed by atoms with Gasteiger partial charge in [0.15, 0.2) is 11.6 Å². The average molecular weight is 445 g/mol. The topological polar surface area (TPSA) is 65.3 Å². The Balaban J connectivity index is 1.73. The van der Waals surface area contributed by atoms with Gasteiger partial charge in [-0.25, -0.2) is 14.4 Å². The van der Waals surface area contributed by atoms with Crippen LogP contribution in [0.1, 0.15) is 24.6 Å². The van der Waals surface area contributed by atoms with Crippen molar-refractivity contribution in [2.75, 3.05) is 11.7 Å². The molecule has 0 spiro atoms. The van der Waals surface area contributed by atoms with E-state index in [1.54, 1.807) is 18.4 Å². The molecule has 168 valence electrons. The SMILES string of the molecule is CCCc1nn(C)c2c(N(Cc3ccccc3)C3=COCO3)nc(-c3ccc(F)cc3)nc12. The second-order valence-corrected chi connectivity index (χ2v) is 7.85. The van der Waals surface area contributed by atoms with Crippen LogP contribution in [0.2, 0.25) is 0 Å². The zero-order valence-corrected chi connectivity index (χ0v) is 18.5. The number of rotatable bonds is 7. The molecule has 0 saturated heterocycles. The van der Waals surface area contributed by atoms with E-state index in [1.807, 2.05) is 47.0 Å². The van der Waals surface area contributed by atoms with E-state index >= 15 is 0 Å². The summed E-state index contributed by atoms with van der Waals surface area (Å²) in [5.74, 6) is 1.40. The molecular weight excluding hydrogens is 421 g/mol. The number of hydrogen-bond acceptors (Lipinski definition) is 6. The first kappa shape index (κ1) is 20.9. The van der Waals surface area contributed by atoms with E-state index in [0.717, 1.165) is 40.7 Å². The van der Waals surface area contributed by atoms with Crippen molar-refractivity contribution in [3.05, 3.63) is 83.8 Å². The van der Waals surface area contributed by atoms with E-state index in [1.165, 1.54) is 12.1 Å². The van der Waals surface area contributed by atoms with Gasteiger partial charge in [0.2, 0.25) is 12.7 Å². The fraction of sp³-hybridized carbons (Fsp3) is 0.240. The number of anilines is 1. The Bertz CT molecular complexity index is 1300. The van der Waals surface area contributed by atoms with Crippen molar-refractivity contribution in [1.29, 1.82) is 0 Å². The first-order chi connectivity index (χ1) is 16.1. The smallest absolute Gasteiger partial charge is 0.234 e. The number of aromatic nitrogens is 4. The number of hydrogen-bond donors (Lipinski definition) is 0.